The highest BCUT2D eigenvalue weighted by atomic mass is 16.6. The van der Waals surface area contributed by atoms with Gasteiger partial charge in [-0.3, -0.25) is 24.4 Å². The van der Waals surface area contributed by atoms with Gasteiger partial charge in [0.1, 0.15) is 17.5 Å². The minimum absolute atomic E-state index is 0.0139. The molecule has 1 saturated heterocycles. The fourth-order valence-corrected chi connectivity index (χ4v) is 4.57. The molecule has 1 aromatic rings. The second kappa shape index (κ2) is 8.40. The molecular weight excluding hydrogens is 382 g/mol. The molecule has 0 N–H and O–H groups in total. The van der Waals surface area contributed by atoms with Gasteiger partial charge >= 0.3 is 5.97 Å². The van der Waals surface area contributed by atoms with Gasteiger partial charge in [0.2, 0.25) is 0 Å². The standard InChI is InChI=1S/C23H29N3O4/c1-23(2)13-19(27)18(20(28)14-23)15-24-7-8-25-9-11-26(12-10-25)21-16-5-3-4-6-17(16)22(29)30-21/h3-6,15,18,21H,7-14H2,1-2H3. The fraction of sp³-hybridized carbons (Fsp3) is 0.565. The monoisotopic (exact) mass is 411 g/mol. The normalized spacial score (nSPS) is 25.7. The third-order valence-corrected chi connectivity index (χ3v) is 6.20. The number of piperazine rings is 1. The summed E-state index contributed by atoms with van der Waals surface area (Å²) in [5, 5.41) is 0. The fourth-order valence-electron chi connectivity index (χ4n) is 4.57. The van der Waals surface area contributed by atoms with Crippen LogP contribution in [0.25, 0.3) is 0 Å². The molecule has 2 fully saturated rings. The molecule has 3 aliphatic rings. The Balaban J connectivity index is 1.23. The van der Waals surface area contributed by atoms with Crippen molar-refractivity contribution in [1.29, 1.82) is 0 Å². The number of benzene rings is 1. The van der Waals surface area contributed by atoms with E-state index >= 15 is 0 Å². The van der Waals surface area contributed by atoms with Gasteiger partial charge in [0.05, 0.1) is 12.1 Å². The molecule has 1 saturated carbocycles. The zero-order chi connectivity index (χ0) is 21.3. The number of ether oxygens (including phenoxy) is 1. The van der Waals surface area contributed by atoms with E-state index < -0.39 is 5.92 Å². The molecule has 7 nitrogen and oxygen atoms in total. The van der Waals surface area contributed by atoms with Crippen LogP contribution >= 0.6 is 0 Å². The highest BCUT2D eigenvalue weighted by Crippen LogP contribution is 2.34. The Kier molecular flexibility index (Phi) is 5.84. The van der Waals surface area contributed by atoms with Crippen molar-refractivity contribution >= 4 is 23.8 Å². The van der Waals surface area contributed by atoms with E-state index in [2.05, 4.69) is 14.8 Å². The van der Waals surface area contributed by atoms with E-state index in [9.17, 15) is 14.4 Å². The van der Waals surface area contributed by atoms with Gasteiger partial charge < -0.3 is 4.74 Å². The van der Waals surface area contributed by atoms with Crippen molar-refractivity contribution in [3.8, 4) is 0 Å². The molecule has 0 spiro atoms. The summed E-state index contributed by atoms with van der Waals surface area (Å²) in [6.07, 6.45) is 2.14. The van der Waals surface area contributed by atoms with Crippen LogP contribution in [0.1, 0.15) is 48.8 Å². The van der Waals surface area contributed by atoms with Crippen LogP contribution in [0.2, 0.25) is 0 Å². The predicted molar refractivity (Wildman–Crippen MR) is 112 cm³/mol. The zero-order valence-electron chi connectivity index (χ0n) is 17.7. The number of ketones is 2. The second-order valence-corrected chi connectivity index (χ2v) is 9.21. The summed E-state index contributed by atoms with van der Waals surface area (Å²) < 4.78 is 5.59. The maximum atomic E-state index is 12.2. The first-order chi connectivity index (χ1) is 14.3. The van der Waals surface area contributed by atoms with Gasteiger partial charge in [-0.1, -0.05) is 32.0 Å². The summed E-state index contributed by atoms with van der Waals surface area (Å²) >= 11 is 0. The maximum Gasteiger partial charge on any atom is 0.340 e. The quantitative estimate of drug-likeness (QED) is 0.420. The van der Waals surface area contributed by atoms with Gasteiger partial charge in [-0.25, -0.2) is 4.79 Å². The number of hydrogen-bond donors (Lipinski definition) is 0. The van der Waals surface area contributed by atoms with Gasteiger partial charge in [0.25, 0.3) is 0 Å². The summed E-state index contributed by atoms with van der Waals surface area (Å²) in [7, 11) is 0. The first-order valence-electron chi connectivity index (χ1n) is 10.7. The van der Waals surface area contributed by atoms with Gasteiger partial charge in [0, 0.05) is 57.3 Å². The molecule has 1 atom stereocenters. The van der Waals surface area contributed by atoms with Gasteiger partial charge in [0.15, 0.2) is 6.23 Å². The van der Waals surface area contributed by atoms with Crippen LogP contribution in [-0.2, 0) is 14.3 Å². The van der Waals surface area contributed by atoms with Crippen LogP contribution in [0.3, 0.4) is 0 Å². The van der Waals surface area contributed by atoms with Gasteiger partial charge in [-0.05, 0) is 11.5 Å². The molecule has 4 rings (SSSR count). The zero-order valence-corrected chi connectivity index (χ0v) is 17.7. The first-order valence-corrected chi connectivity index (χ1v) is 10.7. The van der Waals surface area contributed by atoms with Crippen LogP contribution in [0.15, 0.2) is 29.3 Å². The van der Waals surface area contributed by atoms with Crippen molar-refractivity contribution in [1.82, 2.24) is 9.80 Å². The van der Waals surface area contributed by atoms with Crippen molar-refractivity contribution in [2.45, 2.75) is 32.9 Å². The van der Waals surface area contributed by atoms with Crippen molar-refractivity contribution in [2.24, 2.45) is 16.3 Å². The Morgan fingerprint density at radius 2 is 1.73 bits per heavy atom. The summed E-state index contributed by atoms with van der Waals surface area (Å²) in [6, 6.07) is 7.57. The van der Waals surface area contributed by atoms with E-state index in [1.807, 2.05) is 38.1 Å². The largest absolute Gasteiger partial charge is 0.438 e. The molecule has 0 aromatic heterocycles. The van der Waals surface area contributed by atoms with Crippen LogP contribution < -0.4 is 0 Å². The molecule has 30 heavy (non-hydrogen) atoms. The van der Waals surface area contributed by atoms with Gasteiger partial charge in [-0.2, -0.15) is 0 Å². The third kappa shape index (κ3) is 4.37. The molecule has 0 radical (unpaired) electrons. The SMILES string of the molecule is CC1(C)CC(=O)C(C=NCCN2CCN(C3OC(=O)c4ccccc43)CC2)C(=O)C1. The molecule has 7 heteroatoms. The lowest BCUT2D eigenvalue weighted by Crippen LogP contribution is -2.48. The molecule has 2 heterocycles. The Morgan fingerprint density at radius 1 is 1.07 bits per heavy atom. The average Bonchev–Trinajstić information content (AvgIpc) is 3.03. The van der Waals surface area contributed by atoms with Crippen molar-refractivity contribution in [2.75, 3.05) is 39.3 Å². The van der Waals surface area contributed by atoms with Crippen LogP contribution in [-0.4, -0.2) is 72.8 Å². The van der Waals surface area contributed by atoms with E-state index in [-0.39, 0.29) is 29.2 Å². The number of Topliss-reactive ketones (excluding diaryl/α,β-unsaturated/α-hetero) is 2. The Bertz CT molecular complexity index is 851. The highest BCUT2D eigenvalue weighted by molar-refractivity contribution is 6.16. The van der Waals surface area contributed by atoms with Crippen molar-refractivity contribution in [3.05, 3.63) is 35.4 Å². The minimum Gasteiger partial charge on any atom is -0.438 e. The predicted octanol–water partition coefficient (Wildman–Crippen LogP) is 2.12. The maximum absolute atomic E-state index is 12.2. The minimum atomic E-state index is -0.660. The number of esters is 1. The molecule has 0 amide bonds. The number of cyclic esters (lactones) is 1. The third-order valence-electron chi connectivity index (χ3n) is 6.20. The Hall–Kier alpha value is -2.38. The number of nitrogens with zero attached hydrogens (tertiary/aromatic N) is 3. The summed E-state index contributed by atoms with van der Waals surface area (Å²) in [6.45, 7) is 8.62. The number of carbonyl (C=O) groups is 3. The Labute approximate surface area is 177 Å². The average molecular weight is 412 g/mol. The number of hydrogen-bond acceptors (Lipinski definition) is 7. The molecule has 1 unspecified atom stereocenters. The number of fused-ring (bicyclic) bond motifs is 1. The molecule has 2 aliphatic heterocycles. The van der Waals surface area contributed by atoms with E-state index in [1.54, 1.807) is 6.21 Å². The lowest BCUT2D eigenvalue weighted by molar-refractivity contribution is -0.136. The van der Waals surface area contributed by atoms with Crippen molar-refractivity contribution in [3.63, 3.8) is 0 Å². The van der Waals surface area contributed by atoms with E-state index in [0.717, 1.165) is 38.3 Å². The molecule has 0 bridgehead atoms. The number of aliphatic imine (C=N–C) groups is 1. The lowest BCUT2D eigenvalue weighted by Gasteiger charge is -2.37. The first kappa shape index (κ1) is 20.9. The van der Waals surface area contributed by atoms with Crippen LogP contribution in [0.4, 0.5) is 0 Å². The van der Waals surface area contributed by atoms with E-state index in [0.29, 0.717) is 24.9 Å². The summed E-state index contributed by atoms with van der Waals surface area (Å²) in [5.74, 6) is -0.936. The highest BCUT2D eigenvalue weighted by Gasteiger charge is 2.39. The van der Waals surface area contributed by atoms with E-state index in [1.165, 1.54) is 0 Å². The molecular formula is C23H29N3O4. The molecule has 1 aromatic carbocycles. The number of carbonyl (C=O) groups excluding carboxylic acids is 3. The summed E-state index contributed by atoms with van der Waals surface area (Å²) in [4.78, 5) is 45.4. The van der Waals surface area contributed by atoms with E-state index in [4.69, 9.17) is 4.74 Å². The molecule has 1 aliphatic carbocycles. The van der Waals surface area contributed by atoms with Gasteiger partial charge in [-0.15, -0.1) is 0 Å². The summed E-state index contributed by atoms with van der Waals surface area (Å²) in [5.41, 5.74) is 1.38. The van der Waals surface area contributed by atoms with Crippen molar-refractivity contribution < 1.29 is 19.1 Å². The topological polar surface area (TPSA) is 79.3 Å². The lowest BCUT2D eigenvalue weighted by atomic mass is 9.72. The van der Waals surface area contributed by atoms with Crippen LogP contribution in [0.5, 0.6) is 0 Å². The molecule has 160 valence electrons. The van der Waals surface area contributed by atoms with Crippen LogP contribution in [0, 0.1) is 11.3 Å². The second-order valence-electron chi connectivity index (χ2n) is 9.21. The smallest absolute Gasteiger partial charge is 0.340 e. The number of rotatable bonds is 5. The Morgan fingerprint density at radius 3 is 2.43 bits per heavy atom.